The number of carbonyl (C=O) groups is 2. The molecule has 0 aliphatic carbocycles. The van der Waals surface area contributed by atoms with Crippen LogP contribution in [-0.4, -0.2) is 75.3 Å². The third-order valence-electron chi connectivity index (χ3n) is 4.56. The monoisotopic (exact) mass is 480 g/mol. The van der Waals surface area contributed by atoms with Crippen LogP contribution >= 0.6 is 15.9 Å². The number of likely N-dealkylation sites (N-methyl/N-ethyl adjacent to an activating group) is 1. The number of anilines is 2. The maximum atomic E-state index is 12.4. The number of rotatable bonds is 4. The molecule has 162 valence electrons. The molecule has 1 aliphatic heterocycles. The van der Waals surface area contributed by atoms with E-state index < -0.39 is 18.1 Å². The van der Waals surface area contributed by atoms with Gasteiger partial charge >= 0.3 is 6.09 Å². The fraction of sp³-hybridized carbons (Fsp3) is 0.526. The Hall–Kier alpha value is -2.53. The van der Waals surface area contributed by atoms with Gasteiger partial charge in [-0.1, -0.05) is 0 Å². The molecule has 0 spiro atoms. The summed E-state index contributed by atoms with van der Waals surface area (Å²) < 4.78 is 6.19. The largest absolute Gasteiger partial charge is 0.444 e. The Labute approximate surface area is 182 Å². The van der Waals surface area contributed by atoms with Crippen molar-refractivity contribution in [1.29, 1.82) is 0 Å². The Kier molecular flexibility index (Phi) is 6.41. The minimum absolute atomic E-state index is 0.0865. The quantitative estimate of drug-likeness (QED) is 0.682. The molecule has 0 bridgehead atoms. The lowest BCUT2D eigenvalue weighted by molar-refractivity contribution is -0.118. The summed E-state index contributed by atoms with van der Waals surface area (Å²) in [6, 6.07) is 1.66. The summed E-state index contributed by atoms with van der Waals surface area (Å²) in [7, 11) is 1.71. The van der Waals surface area contributed by atoms with E-state index in [0.717, 1.165) is 4.47 Å². The molecule has 11 heteroatoms. The number of amides is 2. The fourth-order valence-electron chi connectivity index (χ4n) is 3.12. The van der Waals surface area contributed by atoms with Gasteiger partial charge in [0.2, 0.25) is 0 Å². The minimum Gasteiger partial charge on any atom is -0.444 e. The van der Waals surface area contributed by atoms with Crippen LogP contribution in [0.4, 0.5) is 16.4 Å². The van der Waals surface area contributed by atoms with Gasteiger partial charge in [-0.3, -0.25) is 4.79 Å². The predicted molar refractivity (Wildman–Crippen MR) is 115 cm³/mol. The van der Waals surface area contributed by atoms with E-state index in [1.807, 2.05) is 25.7 Å². The van der Waals surface area contributed by atoms with Gasteiger partial charge in [-0.15, -0.1) is 0 Å². The highest BCUT2D eigenvalue weighted by Crippen LogP contribution is 2.29. The molecule has 0 unspecified atom stereocenters. The average Bonchev–Trinajstić information content (AvgIpc) is 3.15. The second-order valence-electron chi connectivity index (χ2n) is 8.08. The lowest BCUT2D eigenvalue weighted by Crippen LogP contribution is -2.42. The summed E-state index contributed by atoms with van der Waals surface area (Å²) in [5.41, 5.74) is 0.358. The number of nitrogens with zero attached hydrogens (tertiary/aromatic N) is 5. The summed E-state index contributed by atoms with van der Waals surface area (Å²) in [6.07, 6.45) is 1.94. The molecule has 2 N–H and O–H groups in total. The number of nitrogens with one attached hydrogen (secondary N) is 1. The van der Waals surface area contributed by atoms with Gasteiger partial charge < -0.3 is 25.0 Å². The molecule has 30 heavy (non-hydrogen) atoms. The molecule has 10 nitrogen and oxygen atoms in total. The number of hydrogen-bond acceptors (Lipinski definition) is 8. The summed E-state index contributed by atoms with van der Waals surface area (Å²) in [5.74, 6) is 0.0932. The molecule has 2 aromatic heterocycles. The van der Waals surface area contributed by atoms with Crippen LogP contribution < -0.4 is 10.2 Å². The van der Waals surface area contributed by atoms with Crippen LogP contribution in [0.15, 0.2) is 16.7 Å². The second kappa shape index (κ2) is 8.68. The summed E-state index contributed by atoms with van der Waals surface area (Å²) in [6.45, 7) is 5.91. The fourth-order valence-corrected chi connectivity index (χ4v) is 3.44. The Bertz CT molecular complexity index is 964. The number of ether oxygens (including phenoxy) is 1. The number of fused-ring (bicyclic) bond motifs is 1. The van der Waals surface area contributed by atoms with Crippen LogP contribution in [0.25, 0.3) is 11.2 Å². The first-order valence-electron chi connectivity index (χ1n) is 9.52. The number of aliphatic hydroxyl groups is 1. The van der Waals surface area contributed by atoms with E-state index in [1.165, 1.54) is 0 Å². The van der Waals surface area contributed by atoms with E-state index in [0.29, 0.717) is 36.5 Å². The first-order chi connectivity index (χ1) is 14.1. The van der Waals surface area contributed by atoms with Crippen molar-refractivity contribution < 1.29 is 19.4 Å². The third-order valence-corrected chi connectivity index (χ3v) is 5.00. The lowest BCUT2D eigenvalue weighted by atomic mass is 10.2. The van der Waals surface area contributed by atoms with Gasteiger partial charge in [0.15, 0.2) is 17.3 Å². The van der Waals surface area contributed by atoms with Gasteiger partial charge in [-0.05, 0) is 49.2 Å². The topological polar surface area (TPSA) is 121 Å². The molecular weight excluding hydrogens is 456 g/mol. The molecule has 3 heterocycles. The third kappa shape index (κ3) is 5.14. The Morgan fingerprint density at radius 2 is 2.13 bits per heavy atom. The number of aliphatic hydroxyl groups excluding tert-OH is 1. The smallest absolute Gasteiger partial charge is 0.410 e. The molecule has 0 radical (unpaired) electrons. The molecule has 1 fully saturated rings. The molecule has 1 saturated heterocycles. The summed E-state index contributed by atoms with van der Waals surface area (Å²) in [5, 5.41) is 11.7. The highest BCUT2D eigenvalue weighted by Gasteiger charge is 2.33. The van der Waals surface area contributed by atoms with Crippen LogP contribution in [0.1, 0.15) is 27.2 Å². The molecular formula is C19H25BrN6O4. The van der Waals surface area contributed by atoms with Crippen molar-refractivity contribution in [2.24, 2.45) is 0 Å². The van der Waals surface area contributed by atoms with Crippen LogP contribution in [0, 0.1) is 0 Å². The second-order valence-corrected chi connectivity index (χ2v) is 8.99. The van der Waals surface area contributed by atoms with Crippen molar-refractivity contribution >= 4 is 50.7 Å². The van der Waals surface area contributed by atoms with Crippen LogP contribution in [-0.2, 0) is 9.53 Å². The van der Waals surface area contributed by atoms with E-state index in [-0.39, 0.29) is 18.0 Å². The molecule has 2 amide bonds. The van der Waals surface area contributed by atoms with Gasteiger partial charge in [0.25, 0.3) is 5.91 Å². The van der Waals surface area contributed by atoms with E-state index in [2.05, 4.69) is 36.2 Å². The highest BCUT2D eigenvalue weighted by molar-refractivity contribution is 9.10. The molecule has 1 aliphatic rings. The Balaban J connectivity index is 1.86. The van der Waals surface area contributed by atoms with E-state index in [9.17, 15) is 9.59 Å². The predicted octanol–water partition coefficient (Wildman–Crippen LogP) is 2.16. The van der Waals surface area contributed by atoms with Crippen molar-refractivity contribution in [1.82, 2.24) is 19.9 Å². The SMILES string of the molecule is CN(C(=O)OC(C)(C)C)[C@H]1CCN(c2nc3ncc(Br)cc3nc2NC(=O)CO)C1. The van der Waals surface area contributed by atoms with Gasteiger partial charge in [0.05, 0.1) is 6.04 Å². The summed E-state index contributed by atoms with van der Waals surface area (Å²) >= 11 is 3.35. The molecule has 3 rings (SSSR count). The van der Waals surface area contributed by atoms with Crippen molar-refractivity contribution in [2.45, 2.75) is 38.8 Å². The van der Waals surface area contributed by atoms with Crippen molar-refractivity contribution in [3.05, 3.63) is 16.7 Å². The maximum Gasteiger partial charge on any atom is 0.410 e. The zero-order chi connectivity index (χ0) is 22.1. The maximum absolute atomic E-state index is 12.4. The van der Waals surface area contributed by atoms with Crippen LogP contribution in [0.5, 0.6) is 0 Å². The summed E-state index contributed by atoms with van der Waals surface area (Å²) in [4.78, 5) is 41.1. The first-order valence-corrected chi connectivity index (χ1v) is 10.3. The molecule has 0 aromatic carbocycles. The number of halogens is 1. The molecule has 2 aromatic rings. The van der Waals surface area contributed by atoms with Gasteiger partial charge in [0, 0.05) is 30.8 Å². The number of pyridine rings is 1. The standard InChI is InChI=1S/C19H25BrN6O4/c1-19(2,3)30-18(29)25(4)12-5-6-26(9-12)17-16(23-14(28)10-27)22-13-7-11(20)8-21-15(13)24-17/h7-8,12,27H,5-6,9-10H2,1-4H3,(H,22,23,28)/t12-/m0/s1. The molecule has 0 saturated carbocycles. The van der Waals surface area contributed by atoms with E-state index >= 15 is 0 Å². The first kappa shape index (κ1) is 22.2. The van der Waals surface area contributed by atoms with Crippen molar-refractivity contribution in [3.8, 4) is 0 Å². The Morgan fingerprint density at radius 3 is 2.80 bits per heavy atom. The average molecular weight is 481 g/mol. The minimum atomic E-state index is -0.667. The zero-order valence-corrected chi connectivity index (χ0v) is 18.9. The lowest BCUT2D eigenvalue weighted by Gasteiger charge is -2.28. The number of hydrogen-bond donors (Lipinski definition) is 2. The normalized spacial score (nSPS) is 16.6. The van der Waals surface area contributed by atoms with Crippen molar-refractivity contribution in [2.75, 3.05) is 37.0 Å². The van der Waals surface area contributed by atoms with Gasteiger partial charge in [-0.2, -0.15) is 0 Å². The number of carbonyl (C=O) groups excluding carboxylic acids is 2. The van der Waals surface area contributed by atoms with E-state index in [1.54, 1.807) is 24.2 Å². The van der Waals surface area contributed by atoms with Crippen molar-refractivity contribution in [3.63, 3.8) is 0 Å². The van der Waals surface area contributed by atoms with E-state index in [4.69, 9.17) is 9.84 Å². The Morgan fingerprint density at radius 1 is 1.40 bits per heavy atom. The number of aromatic nitrogens is 3. The van der Waals surface area contributed by atoms with Gasteiger partial charge in [0.1, 0.15) is 17.7 Å². The van der Waals surface area contributed by atoms with Crippen LogP contribution in [0.3, 0.4) is 0 Å². The molecule has 1 atom stereocenters. The zero-order valence-electron chi connectivity index (χ0n) is 17.3. The van der Waals surface area contributed by atoms with Gasteiger partial charge in [-0.25, -0.2) is 19.7 Å². The highest BCUT2D eigenvalue weighted by atomic mass is 79.9. The van der Waals surface area contributed by atoms with Crippen LogP contribution in [0.2, 0.25) is 0 Å².